The van der Waals surface area contributed by atoms with Crippen LogP contribution in [0.5, 0.6) is 0 Å². The van der Waals surface area contributed by atoms with Crippen LogP contribution in [0.25, 0.3) is 0 Å². The van der Waals surface area contributed by atoms with Crippen molar-refractivity contribution in [2.45, 2.75) is 31.7 Å². The van der Waals surface area contributed by atoms with Gasteiger partial charge in [0.25, 0.3) is 0 Å². The zero-order valence-electron chi connectivity index (χ0n) is 17.2. The van der Waals surface area contributed by atoms with Gasteiger partial charge in [0.2, 0.25) is 11.8 Å². The molecule has 2 fully saturated rings. The summed E-state index contributed by atoms with van der Waals surface area (Å²) in [6.45, 7) is 5.40. The molecular weight excluding hydrogens is 427 g/mol. The fraction of sp³-hybridized carbons (Fsp3) is 0.619. The van der Waals surface area contributed by atoms with E-state index in [2.05, 4.69) is 10.2 Å². The molecule has 9 heteroatoms. The first-order valence-electron chi connectivity index (χ1n) is 10.4. The van der Waals surface area contributed by atoms with Gasteiger partial charge in [-0.05, 0) is 42.5 Å². The van der Waals surface area contributed by atoms with Gasteiger partial charge in [0.1, 0.15) is 0 Å². The van der Waals surface area contributed by atoms with Gasteiger partial charge in [0, 0.05) is 44.8 Å². The second kappa shape index (κ2) is 11.2. The van der Waals surface area contributed by atoms with Crippen molar-refractivity contribution in [3.05, 3.63) is 29.3 Å². The largest absolute Gasteiger partial charge is 0.399 e. The highest BCUT2D eigenvalue weighted by molar-refractivity contribution is 5.89. The van der Waals surface area contributed by atoms with Crippen molar-refractivity contribution >= 4 is 42.3 Å². The second-order valence-electron chi connectivity index (χ2n) is 8.11. The van der Waals surface area contributed by atoms with Crippen LogP contribution in [0.3, 0.4) is 0 Å². The highest BCUT2D eigenvalue weighted by atomic mass is 35.5. The zero-order chi connectivity index (χ0) is 19.5. The number of carbonyl (C=O) groups excluding carboxylic acids is 2. The maximum atomic E-state index is 12.8. The van der Waals surface area contributed by atoms with Crippen molar-refractivity contribution in [1.82, 2.24) is 15.1 Å². The standard InChI is InChI=1S/C21H30N4O3.2ClH/c22-17-4-5-18-15(12-17)2-1-3-19(18)23-21(27)16-13-20(26)25(14-16)7-6-24-8-10-28-11-9-24;;/h4-5,12,16,19H,1-3,6-11,13-14,22H2,(H,23,27);2*1H. The van der Waals surface area contributed by atoms with Crippen molar-refractivity contribution in [3.63, 3.8) is 0 Å². The van der Waals surface area contributed by atoms with E-state index >= 15 is 0 Å². The molecule has 0 bridgehead atoms. The number of amides is 2. The van der Waals surface area contributed by atoms with Gasteiger partial charge < -0.3 is 20.7 Å². The molecule has 3 N–H and O–H groups in total. The number of nitrogen functional groups attached to an aromatic ring is 1. The number of rotatable bonds is 5. The molecule has 2 saturated heterocycles. The summed E-state index contributed by atoms with van der Waals surface area (Å²) in [6.07, 6.45) is 3.29. The van der Waals surface area contributed by atoms with E-state index in [1.165, 1.54) is 11.1 Å². The predicted molar refractivity (Wildman–Crippen MR) is 121 cm³/mol. The first-order valence-corrected chi connectivity index (χ1v) is 10.4. The SMILES string of the molecule is Cl.Cl.Nc1ccc2c(c1)CCCC2NC(=O)C1CC(=O)N(CCN2CCOCC2)C1. The maximum absolute atomic E-state index is 12.8. The van der Waals surface area contributed by atoms with E-state index in [9.17, 15) is 9.59 Å². The van der Waals surface area contributed by atoms with E-state index in [0.29, 0.717) is 19.5 Å². The molecule has 1 aromatic rings. The summed E-state index contributed by atoms with van der Waals surface area (Å²) in [4.78, 5) is 29.4. The van der Waals surface area contributed by atoms with Gasteiger partial charge in [-0.3, -0.25) is 14.5 Å². The third-order valence-corrected chi connectivity index (χ3v) is 6.17. The Morgan fingerprint density at radius 3 is 2.73 bits per heavy atom. The number of carbonyl (C=O) groups is 2. The molecule has 168 valence electrons. The van der Waals surface area contributed by atoms with Crippen LogP contribution in [-0.4, -0.2) is 67.6 Å². The van der Waals surface area contributed by atoms with Crippen LogP contribution in [0.2, 0.25) is 0 Å². The zero-order valence-corrected chi connectivity index (χ0v) is 18.8. The van der Waals surface area contributed by atoms with Gasteiger partial charge in [0.15, 0.2) is 0 Å². The van der Waals surface area contributed by atoms with Crippen LogP contribution in [-0.2, 0) is 20.7 Å². The summed E-state index contributed by atoms with van der Waals surface area (Å²) in [7, 11) is 0. The van der Waals surface area contributed by atoms with Crippen molar-refractivity contribution in [1.29, 1.82) is 0 Å². The van der Waals surface area contributed by atoms with Crippen molar-refractivity contribution in [3.8, 4) is 0 Å². The molecule has 0 saturated carbocycles. The van der Waals surface area contributed by atoms with Gasteiger partial charge in [-0.25, -0.2) is 0 Å². The minimum absolute atomic E-state index is 0. The lowest BCUT2D eigenvalue weighted by molar-refractivity contribution is -0.129. The molecule has 7 nitrogen and oxygen atoms in total. The number of hydrogen-bond donors (Lipinski definition) is 2. The molecule has 2 amide bonds. The van der Waals surface area contributed by atoms with E-state index in [0.717, 1.165) is 57.8 Å². The summed E-state index contributed by atoms with van der Waals surface area (Å²) < 4.78 is 5.36. The molecule has 2 aliphatic heterocycles. The number of benzene rings is 1. The van der Waals surface area contributed by atoms with Crippen LogP contribution in [0.1, 0.15) is 36.4 Å². The normalized spacial score (nSPS) is 23.9. The monoisotopic (exact) mass is 458 g/mol. The number of fused-ring (bicyclic) bond motifs is 1. The van der Waals surface area contributed by atoms with Crippen LogP contribution in [0, 0.1) is 5.92 Å². The number of anilines is 1. The smallest absolute Gasteiger partial charge is 0.225 e. The lowest BCUT2D eigenvalue weighted by Crippen LogP contribution is -2.42. The number of ether oxygens (including phenoxy) is 1. The average Bonchev–Trinajstić information content (AvgIpc) is 3.08. The van der Waals surface area contributed by atoms with Crippen molar-refractivity contribution in [2.75, 3.05) is 51.7 Å². The predicted octanol–water partition coefficient (Wildman–Crippen LogP) is 1.79. The number of nitrogens with one attached hydrogen (secondary N) is 1. The highest BCUT2D eigenvalue weighted by Gasteiger charge is 2.35. The molecule has 1 aliphatic carbocycles. The molecule has 1 aromatic carbocycles. The number of nitrogens with zero attached hydrogens (tertiary/aromatic N) is 2. The fourth-order valence-electron chi connectivity index (χ4n) is 4.52. The van der Waals surface area contributed by atoms with Gasteiger partial charge in [0.05, 0.1) is 25.2 Å². The Bertz CT molecular complexity index is 743. The molecule has 0 spiro atoms. The number of halogens is 2. The Labute approximate surface area is 190 Å². The Morgan fingerprint density at radius 1 is 1.20 bits per heavy atom. The highest BCUT2D eigenvalue weighted by Crippen LogP contribution is 2.31. The van der Waals surface area contributed by atoms with Crippen LogP contribution < -0.4 is 11.1 Å². The third kappa shape index (κ3) is 5.78. The first kappa shape index (κ1) is 24.7. The first-order chi connectivity index (χ1) is 13.6. The van der Waals surface area contributed by atoms with Crippen molar-refractivity contribution in [2.24, 2.45) is 5.92 Å². The number of aryl methyl sites for hydroxylation is 1. The Balaban J connectivity index is 0.00000160. The van der Waals surface area contributed by atoms with Gasteiger partial charge in [-0.1, -0.05) is 6.07 Å². The lowest BCUT2D eigenvalue weighted by Gasteiger charge is -2.29. The molecule has 3 aliphatic rings. The summed E-state index contributed by atoms with van der Waals surface area (Å²) in [5, 5.41) is 3.20. The third-order valence-electron chi connectivity index (χ3n) is 6.17. The molecule has 2 heterocycles. The maximum Gasteiger partial charge on any atom is 0.225 e. The Hall–Kier alpha value is -1.54. The summed E-state index contributed by atoms with van der Waals surface area (Å²) in [5.74, 6) is -0.168. The number of morpholine rings is 1. The van der Waals surface area contributed by atoms with Crippen LogP contribution in [0.4, 0.5) is 5.69 Å². The number of likely N-dealkylation sites (tertiary alicyclic amines) is 1. The van der Waals surface area contributed by atoms with Gasteiger partial charge >= 0.3 is 0 Å². The minimum Gasteiger partial charge on any atom is -0.399 e. The van der Waals surface area contributed by atoms with Gasteiger partial charge in [-0.2, -0.15) is 0 Å². The molecule has 2 unspecified atom stereocenters. The average molecular weight is 459 g/mol. The number of hydrogen-bond acceptors (Lipinski definition) is 5. The van der Waals surface area contributed by atoms with E-state index in [4.69, 9.17) is 10.5 Å². The Morgan fingerprint density at radius 2 is 1.97 bits per heavy atom. The lowest BCUT2D eigenvalue weighted by atomic mass is 9.87. The van der Waals surface area contributed by atoms with E-state index < -0.39 is 0 Å². The van der Waals surface area contributed by atoms with Crippen LogP contribution in [0.15, 0.2) is 18.2 Å². The minimum atomic E-state index is -0.253. The summed E-state index contributed by atoms with van der Waals surface area (Å²) in [6, 6.07) is 5.97. The van der Waals surface area contributed by atoms with Crippen LogP contribution >= 0.6 is 24.8 Å². The van der Waals surface area contributed by atoms with E-state index in [1.54, 1.807) is 0 Å². The van der Waals surface area contributed by atoms with Gasteiger partial charge in [-0.15, -0.1) is 24.8 Å². The second-order valence-corrected chi connectivity index (χ2v) is 8.11. The summed E-state index contributed by atoms with van der Waals surface area (Å²) in [5.41, 5.74) is 9.06. The molecule has 30 heavy (non-hydrogen) atoms. The van der Waals surface area contributed by atoms with Crippen molar-refractivity contribution < 1.29 is 14.3 Å². The summed E-state index contributed by atoms with van der Waals surface area (Å²) >= 11 is 0. The molecular formula is C21H32Cl2N4O3. The quantitative estimate of drug-likeness (QED) is 0.656. The fourth-order valence-corrected chi connectivity index (χ4v) is 4.52. The molecule has 2 atom stereocenters. The van der Waals surface area contributed by atoms with E-state index in [1.807, 2.05) is 23.1 Å². The molecule has 4 rings (SSSR count). The molecule has 0 radical (unpaired) electrons. The molecule has 0 aromatic heterocycles. The Kier molecular flexibility index (Phi) is 9.22. The number of nitrogens with two attached hydrogens (primary N) is 1. The van der Waals surface area contributed by atoms with E-state index in [-0.39, 0.29) is 48.6 Å². The topological polar surface area (TPSA) is 87.9 Å².